The third-order valence-corrected chi connectivity index (χ3v) is 4.30. The molecule has 4 bridgehead atoms. The Morgan fingerprint density at radius 3 is 1.50 bits per heavy atom. The van der Waals surface area contributed by atoms with E-state index in [-0.39, 0.29) is 0 Å². The number of phosphoric acid groups is 1. The molecule has 0 aromatic rings. The van der Waals surface area contributed by atoms with Crippen LogP contribution in [0.2, 0.25) is 0 Å². The molecule has 4 aliphatic rings. The summed E-state index contributed by atoms with van der Waals surface area (Å²) in [6.07, 6.45) is 7.41. The van der Waals surface area contributed by atoms with E-state index >= 15 is 0 Å². The SMILES string of the molecule is NC1C2CC3CC(C2)CC1C3.O=P(O)(O)O. The van der Waals surface area contributed by atoms with Crippen molar-refractivity contribution in [2.45, 2.75) is 38.1 Å². The molecule has 0 spiro atoms. The van der Waals surface area contributed by atoms with Crippen molar-refractivity contribution in [2.24, 2.45) is 29.4 Å². The Kier molecular flexibility index (Phi) is 3.44. The van der Waals surface area contributed by atoms with Crippen LogP contribution in [0.15, 0.2) is 0 Å². The highest BCUT2D eigenvalue weighted by molar-refractivity contribution is 7.45. The summed E-state index contributed by atoms with van der Waals surface area (Å²) in [5, 5.41) is 0. The van der Waals surface area contributed by atoms with Crippen molar-refractivity contribution in [3.05, 3.63) is 0 Å². The predicted molar refractivity (Wildman–Crippen MR) is 59.3 cm³/mol. The van der Waals surface area contributed by atoms with Gasteiger partial charge in [-0.2, -0.15) is 0 Å². The monoisotopic (exact) mass is 249 g/mol. The molecule has 0 radical (unpaired) electrons. The summed E-state index contributed by atoms with van der Waals surface area (Å²) >= 11 is 0. The van der Waals surface area contributed by atoms with E-state index in [4.69, 9.17) is 25.0 Å². The van der Waals surface area contributed by atoms with Crippen LogP contribution in [0.4, 0.5) is 0 Å². The standard InChI is InChI=1S/C10H17N.H3O4P/c11-10-8-2-6-1-7(4-8)5-9(10)3-6;1-5(2,3)4/h6-10H,1-5,11H2;(H3,1,2,3,4). The summed E-state index contributed by atoms with van der Waals surface area (Å²) in [5.41, 5.74) is 6.17. The maximum Gasteiger partial charge on any atom is 0.466 e. The minimum Gasteiger partial charge on any atom is -0.327 e. The topological polar surface area (TPSA) is 104 Å². The fourth-order valence-corrected chi connectivity index (χ4v) is 3.97. The summed E-state index contributed by atoms with van der Waals surface area (Å²) in [6.45, 7) is 0. The Bertz CT molecular complexity index is 267. The van der Waals surface area contributed by atoms with Crippen molar-refractivity contribution in [1.29, 1.82) is 0 Å². The van der Waals surface area contributed by atoms with Gasteiger partial charge in [0.25, 0.3) is 0 Å². The largest absolute Gasteiger partial charge is 0.466 e. The van der Waals surface area contributed by atoms with Gasteiger partial charge in [-0.25, -0.2) is 4.57 Å². The normalized spacial score (nSPS) is 45.1. The molecule has 0 aromatic heterocycles. The van der Waals surface area contributed by atoms with Crippen molar-refractivity contribution in [2.75, 3.05) is 0 Å². The first-order valence-corrected chi connectivity index (χ1v) is 7.43. The molecule has 94 valence electrons. The lowest BCUT2D eigenvalue weighted by molar-refractivity contribution is 0.000349. The van der Waals surface area contributed by atoms with Gasteiger partial charge in [-0.15, -0.1) is 0 Å². The molecule has 0 unspecified atom stereocenters. The van der Waals surface area contributed by atoms with Crippen LogP contribution < -0.4 is 5.73 Å². The van der Waals surface area contributed by atoms with Gasteiger partial charge in [0.1, 0.15) is 0 Å². The van der Waals surface area contributed by atoms with Gasteiger partial charge in [0, 0.05) is 6.04 Å². The van der Waals surface area contributed by atoms with E-state index in [1.165, 1.54) is 25.7 Å². The average Bonchev–Trinajstić information content (AvgIpc) is 2.09. The summed E-state index contributed by atoms with van der Waals surface area (Å²) in [7, 11) is -4.64. The van der Waals surface area contributed by atoms with E-state index < -0.39 is 7.82 Å². The zero-order valence-corrected chi connectivity index (χ0v) is 10.1. The zero-order chi connectivity index (χ0) is 11.9. The van der Waals surface area contributed by atoms with E-state index in [0.29, 0.717) is 6.04 Å². The van der Waals surface area contributed by atoms with Gasteiger partial charge < -0.3 is 20.4 Å². The Balaban J connectivity index is 0.000000168. The molecule has 0 aliphatic heterocycles. The van der Waals surface area contributed by atoms with Gasteiger partial charge in [0.15, 0.2) is 0 Å². The van der Waals surface area contributed by atoms with Crippen molar-refractivity contribution in [1.82, 2.24) is 0 Å². The fraction of sp³-hybridized carbons (Fsp3) is 1.00. The average molecular weight is 249 g/mol. The van der Waals surface area contributed by atoms with Crippen molar-refractivity contribution in [3.63, 3.8) is 0 Å². The third-order valence-electron chi connectivity index (χ3n) is 4.30. The zero-order valence-electron chi connectivity index (χ0n) is 9.20. The van der Waals surface area contributed by atoms with E-state index in [9.17, 15) is 0 Å². The highest BCUT2D eigenvalue weighted by Crippen LogP contribution is 2.52. The second kappa shape index (κ2) is 4.39. The fourth-order valence-electron chi connectivity index (χ4n) is 3.97. The van der Waals surface area contributed by atoms with Gasteiger partial charge in [0.05, 0.1) is 0 Å². The highest BCUT2D eigenvalue weighted by Gasteiger charge is 2.46. The van der Waals surface area contributed by atoms with E-state index in [1.54, 1.807) is 6.42 Å². The summed E-state index contributed by atoms with van der Waals surface area (Å²) in [6, 6.07) is 0.586. The number of nitrogens with two attached hydrogens (primary N) is 1. The lowest BCUT2D eigenvalue weighted by Crippen LogP contribution is -2.52. The molecule has 4 rings (SSSR count). The second-order valence-corrected chi connectivity index (χ2v) is 6.55. The van der Waals surface area contributed by atoms with Crippen LogP contribution in [0.5, 0.6) is 0 Å². The Morgan fingerprint density at radius 1 is 0.875 bits per heavy atom. The molecule has 5 nitrogen and oxygen atoms in total. The molecule has 4 saturated carbocycles. The molecule has 0 aromatic carbocycles. The van der Waals surface area contributed by atoms with Crippen LogP contribution in [0.3, 0.4) is 0 Å². The van der Waals surface area contributed by atoms with Gasteiger partial charge >= 0.3 is 7.82 Å². The quantitative estimate of drug-likeness (QED) is 0.476. The molecule has 0 saturated heterocycles. The third kappa shape index (κ3) is 3.05. The molecule has 0 heterocycles. The van der Waals surface area contributed by atoms with Gasteiger partial charge in [-0.05, 0) is 55.8 Å². The summed E-state index contributed by atoms with van der Waals surface area (Å²) in [4.78, 5) is 21.6. The maximum absolute atomic E-state index is 8.88. The van der Waals surface area contributed by atoms with Crippen molar-refractivity contribution >= 4 is 7.82 Å². The van der Waals surface area contributed by atoms with Crippen LogP contribution >= 0.6 is 7.82 Å². The molecule has 5 N–H and O–H groups in total. The van der Waals surface area contributed by atoms with Crippen molar-refractivity contribution < 1.29 is 19.2 Å². The van der Waals surface area contributed by atoms with Gasteiger partial charge in [-0.3, -0.25) is 0 Å². The van der Waals surface area contributed by atoms with Crippen LogP contribution in [0.25, 0.3) is 0 Å². The van der Waals surface area contributed by atoms with E-state index in [1.807, 2.05) is 0 Å². The Morgan fingerprint density at radius 2 is 1.19 bits per heavy atom. The highest BCUT2D eigenvalue weighted by atomic mass is 31.2. The molecule has 6 heteroatoms. The lowest BCUT2D eigenvalue weighted by atomic mass is 9.54. The van der Waals surface area contributed by atoms with Crippen LogP contribution in [-0.2, 0) is 4.57 Å². The van der Waals surface area contributed by atoms with Crippen LogP contribution in [-0.4, -0.2) is 20.7 Å². The molecule has 0 amide bonds. The van der Waals surface area contributed by atoms with E-state index in [0.717, 1.165) is 23.7 Å². The van der Waals surface area contributed by atoms with E-state index in [2.05, 4.69) is 0 Å². The molecular formula is C10H20NO4P. The number of hydrogen-bond donors (Lipinski definition) is 4. The van der Waals surface area contributed by atoms with Crippen LogP contribution in [0.1, 0.15) is 32.1 Å². The minimum atomic E-state index is -4.64. The first-order chi connectivity index (χ1) is 7.33. The molecule has 16 heavy (non-hydrogen) atoms. The number of rotatable bonds is 0. The predicted octanol–water partition coefficient (Wildman–Crippen LogP) is 0.841. The van der Waals surface area contributed by atoms with Gasteiger partial charge in [-0.1, -0.05) is 0 Å². The smallest absolute Gasteiger partial charge is 0.327 e. The minimum absolute atomic E-state index is 0.586. The molecule has 4 fully saturated rings. The lowest BCUT2D eigenvalue weighted by Gasteiger charge is -2.53. The first kappa shape index (κ1) is 12.5. The molecular weight excluding hydrogens is 229 g/mol. The summed E-state index contributed by atoms with van der Waals surface area (Å²) in [5.74, 6) is 4.01. The Labute approximate surface area is 95.3 Å². The maximum atomic E-state index is 8.88. The number of hydrogen-bond acceptors (Lipinski definition) is 2. The van der Waals surface area contributed by atoms with Gasteiger partial charge in [0.2, 0.25) is 0 Å². The molecule has 0 atom stereocenters. The van der Waals surface area contributed by atoms with Crippen LogP contribution in [0, 0.1) is 23.7 Å². The first-order valence-electron chi connectivity index (χ1n) is 5.87. The molecule has 4 aliphatic carbocycles. The van der Waals surface area contributed by atoms with Crippen molar-refractivity contribution in [3.8, 4) is 0 Å². The second-order valence-electron chi connectivity index (χ2n) is 5.52. The summed E-state index contributed by atoms with van der Waals surface area (Å²) < 4.78 is 8.88. The Hall–Kier alpha value is 0.0700.